The van der Waals surface area contributed by atoms with Crippen LogP contribution in [-0.2, 0) is 13.6 Å². The lowest BCUT2D eigenvalue weighted by molar-refractivity contribution is 0.0755. The Morgan fingerprint density at radius 1 is 0.828 bits per heavy atom. The summed E-state index contributed by atoms with van der Waals surface area (Å²) in [6.07, 6.45) is 2.20. The lowest BCUT2D eigenvalue weighted by Gasteiger charge is -2.21. The molecule has 1 aliphatic rings. The zero-order chi connectivity index (χ0) is 19.8. The Bertz CT molecular complexity index is 1220. The van der Waals surface area contributed by atoms with Crippen molar-refractivity contribution < 1.29 is 4.79 Å². The second-order valence-electron chi connectivity index (χ2n) is 7.45. The molecule has 0 fully saturated rings. The summed E-state index contributed by atoms with van der Waals surface area (Å²) in [6.45, 7) is 1.18. The molecule has 0 N–H and O–H groups in total. The number of amides is 1. The Morgan fingerprint density at radius 2 is 1.48 bits per heavy atom. The average molecular weight is 378 g/mol. The van der Waals surface area contributed by atoms with Gasteiger partial charge >= 0.3 is 0 Å². The Labute approximate surface area is 170 Å². The van der Waals surface area contributed by atoms with Crippen LogP contribution in [0.15, 0.2) is 91.0 Å². The fraction of sp³-hybridized carbons (Fsp3) is 0.115. The number of carbonyl (C=O) groups is 1. The maximum Gasteiger partial charge on any atom is 0.271 e. The smallest absolute Gasteiger partial charge is 0.271 e. The summed E-state index contributed by atoms with van der Waals surface area (Å²) in [5.74, 6) is 0.0738. The van der Waals surface area contributed by atoms with Crippen molar-refractivity contribution in [2.45, 2.75) is 6.54 Å². The van der Waals surface area contributed by atoms with E-state index in [4.69, 9.17) is 0 Å². The summed E-state index contributed by atoms with van der Waals surface area (Å²) in [6, 6.07) is 28.8. The van der Waals surface area contributed by atoms with Gasteiger partial charge in [-0.15, -0.1) is 0 Å². The van der Waals surface area contributed by atoms with E-state index in [-0.39, 0.29) is 5.91 Å². The van der Waals surface area contributed by atoms with Crippen molar-refractivity contribution in [3.05, 3.63) is 113 Å². The molecule has 0 radical (unpaired) electrons. The molecule has 2 heterocycles. The minimum absolute atomic E-state index is 0.0738. The number of rotatable bonds is 3. The van der Waals surface area contributed by atoms with Gasteiger partial charge in [0.05, 0.1) is 0 Å². The van der Waals surface area contributed by atoms with Crippen molar-refractivity contribution in [1.29, 1.82) is 0 Å². The van der Waals surface area contributed by atoms with E-state index < -0.39 is 0 Å². The van der Waals surface area contributed by atoms with Crippen LogP contribution in [0.3, 0.4) is 0 Å². The molecule has 0 saturated carbocycles. The van der Waals surface area contributed by atoms with Crippen LogP contribution in [0, 0.1) is 0 Å². The van der Waals surface area contributed by atoms with Crippen molar-refractivity contribution in [2.24, 2.45) is 7.05 Å². The normalized spacial score (nSPS) is 13.9. The first-order valence-corrected chi connectivity index (χ1v) is 9.90. The molecule has 5 rings (SSSR count). The summed E-state index contributed by atoms with van der Waals surface area (Å²) in [5.41, 5.74) is 6.28. The van der Waals surface area contributed by atoms with Gasteiger partial charge in [0.2, 0.25) is 0 Å². The van der Waals surface area contributed by atoms with Crippen molar-refractivity contribution >= 4 is 22.4 Å². The van der Waals surface area contributed by atoms with Gasteiger partial charge in [-0.25, -0.2) is 0 Å². The standard InChI is InChI=1S/C26H22N2O/c1-27-23-15-9-8-14-22(23)24-21(20-12-6-3-7-13-20)16-17-28(26(29)25(24)27)18-19-10-4-2-5-11-19/h2-16H,17-18H2,1H3. The highest BCUT2D eigenvalue weighted by atomic mass is 16.2. The van der Waals surface area contributed by atoms with Crippen LogP contribution in [-0.4, -0.2) is 21.9 Å². The molecule has 3 nitrogen and oxygen atoms in total. The maximum atomic E-state index is 13.7. The fourth-order valence-electron chi connectivity index (χ4n) is 4.27. The van der Waals surface area contributed by atoms with E-state index in [2.05, 4.69) is 54.6 Å². The number of para-hydroxylation sites is 1. The third kappa shape index (κ3) is 2.95. The molecule has 4 aromatic rings. The topological polar surface area (TPSA) is 25.2 Å². The number of nitrogens with zero attached hydrogens (tertiary/aromatic N) is 2. The number of aryl methyl sites for hydroxylation is 1. The highest BCUT2D eigenvalue weighted by Crippen LogP contribution is 2.37. The highest BCUT2D eigenvalue weighted by molar-refractivity contribution is 6.10. The Balaban J connectivity index is 1.72. The van der Waals surface area contributed by atoms with Crippen LogP contribution in [0.2, 0.25) is 0 Å². The van der Waals surface area contributed by atoms with Gasteiger partial charge in [-0.05, 0) is 22.8 Å². The van der Waals surface area contributed by atoms with Crippen LogP contribution in [0.4, 0.5) is 0 Å². The molecule has 3 heteroatoms. The van der Waals surface area contributed by atoms with E-state index >= 15 is 0 Å². The molecular formula is C26H22N2O. The molecule has 1 amide bonds. The van der Waals surface area contributed by atoms with E-state index in [0.29, 0.717) is 13.1 Å². The lowest BCUT2D eigenvalue weighted by Crippen LogP contribution is -2.31. The van der Waals surface area contributed by atoms with Gasteiger partial charge < -0.3 is 9.47 Å². The average Bonchev–Trinajstić information content (AvgIpc) is 2.98. The van der Waals surface area contributed by atoms with Gasteiger partial charge in [0.15, 0.2) is 0 Å². The van der Waals surface area contributed by atoms with Gasteiger partial charge in [-0.1, -0.05) is 84.9 Å². The second kappa shape index (κ2) is 7.10. The van der Waals surface area contributed by atoms with Gasteiger partial charge in [-0.3, -0.25) is 4.79 Å². The van der Waals surface area contributed by atoms with Crippen LogP contribution in [0.25, 0.3) is 16.5 Å². The van der Waals surface area contributed by atoms with E-state index in [1.54, 1.807) is 0 Å². The first-order chi connectivity index (χ1) is 14.2. The molecular weight excluding hydrogens is 356 g/mol. The minimum Gasteiger partial charge on any atom is -0.339 e. The first kappa shape index (κ1) is 17.5. The van der Waals surface area contributed by atoms with Gasteiger partial charge in [0, 0.05) is 36.6 Å². The summed E-state index contributed by atoms with van der Waals surface area (Å²) < 4.78 is 2.05. The monoisotopic (exact) mass is 378 g/mol. The molecule has 1 aromatic heterocycles. The summed E-state index contributed by atoms with van der Waals surface area (Å²) in [7, 11) is 1.99. The number of carbonyl (C=O) groups excluding carboxylic acids is 1. The van der Waals surface area contributed by atoms with E-state index in [9.17, 15) is 4.79 Å². The predicted octanol–water partition coefficient (Wildman–Crippen LogP) is 5.27. The molecule has 0 bridgehead atoms. The van der Waals surface area contributed by atoms with Crippen LogP contribution >= 0.6 is 0 Å². The fourth-order valence-corrected chi connectivity index (χ4v) is 4.27. The van der Waals surface area contributed by atoms with E-state index in [1.165, 1.54) is 0 Å². The SMILES string of the molecule is Cn1c2c(c3ccccc31)C(c1ccccc1)=CCN(Cc1ccccc1)C2=O. The lowest BCUT2D eigenvalue weighted by atomic mass is 9.95. The molecule has 142 valence electrons. The number of hydrogen-bond donors (Lipinski definition) is 0. The van der Waals surface area contributed by atoms with Gasteiger partial charge in [0.1, 0.15) is 5.69 Å². The van der Waals surface area contributed by atoms with Crippen molar-refractivity contribution in [1.82, 2.24) is 9.47 Å². The number of benzene rings is 3. The second-order valence-corrected chi connectivity index (χ2v) is 7.45. The van der Waals surface area contributed by atoms with Crippen molar-refractivity contribution in [3.63, 3.8) is 0 Å². The zero-order valence-electron chi connectivity index (χ0n) is 16.4. The molecule has 29 heavy (non-hydrogen) atoms. The first-order valence-electron chi connectivity index (χ1n) is 9.90. The molecule has 0 unspecified atom stereocenters. The van der Waals surface area contributed by atoms with Crippen LogP contribution in [0.5, 0.6) is 0 Å². The zero-order valence-corrected chi connectivity index (χ0v) is 16.4. The molecule has 1 aliphatic heterocycles. The number of aromatic nitrogens is 1. The largest absolute Gasteiger partial charge is 0.339 e. The molecule has 0 atom stereocenters. The predicted molar refractivity (Wildman–Crippen MR) is 118 cm³/mol. The maximum absolute atomic E-state index is 13.7. The molecule has 0 saturated heterocycles. The van der Waals surface area contributed by atoms with E-state index in [1.807, 2.05) is 52.9 Å². The Morgan fingerprint density at radius 3 is 2.24 bits per heavy atom. The third-order valence-corrected chi connectivity index (χ3v) is 5.68. The van der Waals surface area contributed by atoms with Crippen molar-refractivity contribution in [2.75, 3.05) is 6.54 Å². The molecule has 3 aromatic carbocycles. The summed E-state index contributed by atoms with van der Waals surface area (Å²) in [4.78, 5) is 15.6. The highest BCUT2D eigenvalue weighted by Gasteiger charge is 2.29. The van der Waals surface area contributed by atoms with Crippen LogP contribution < -0.4 is 0 Å². The Kier molecular flexibility index (Phi) is 4.28. The third-order valence-electron chi connectivity index (χ3n) is 5.68. The Hall–Kier alpha value is -3.59. The van der Waals surface area contributed by atoms with E-state index in [0.717, 1.165) is 38.9 Å². The molecule has 0 spiro atoms. The summed E-state index contributed by atoms with van der Waals surface area (Å²) in [5, 5.41) is 1.12. The van der Waals surface area contributed by atoms with Gasteiger partial charge in [0.25, 0.3) is 5.91 Å². The van der Waals surface area contributed by atoms with Crippen LogP contribution in [0.1, 0.15) is 27.2 Å². The quantitative estimate of drug-likeness (QED) is 0.477. The number of fused-ring (bicyclic) bond motifs is 3. The minimum atomic E-state index is 0.0738. The summed E-state index contributed by atoms with van der Waals surface area (Å²) >= 11 is 0. The van der Waals surface area contributed by atoms with Gasteiger partial charge in [-0.2, -0.15) is 0 Å². The van der Waals surface area contributed by atoms with Crippen molar-refractivity contribution in [3.8, 4) is 0 Å². The number of hydrogen-bond acceptors (Lipinski definition) is 1. The molecule has 0 aliphatic carbocycles.